The highest BCUT2D eigenvalue weighted by Gasteiger charge is 2.31. The number of rotatable bonds is 4. The molecule has 3 aromatic rings. The number of alkyl halides is 3. The molecule has 11 heteroatoms. The zero-order chi connectivity index (χ0) is 22.3. The molecule has 0 radical (unpaired) electrons. The van der Waals surface area contributed by atoms with Gasteiger partial charge in [0.25, 0.3) is 5.91 Å². The fraction of sp³-hybridized carbons (Fsp3) is 0.250. The van der Waals surface area contributed by atoms with Crippen molar-refractivity contribution in [2.75, 3.05) is 6.79 Å². The van der Waals surface area contributed by atoms with E-state index in [0.29, 0.717) is 27.8 Å². The summed E-state index contributed by atoms with van der Waals surface area (Å²) in [5, 5.41) is 9.68. The summed E-state index contributed by atoms with van der Waals surface area (Å²) in [6.45, 7) is 1.70. The largest absolute Gasteiger partial charge is 0.480 e. The summed E-state index contributed by atoms with van der Waals surface area (Å²) >= 11 is 1.04. The van der Waals surface area contributed by atoms with Crippen molar-refractivity contribution in [1.82, 2.24) is 4.57 Å². The molecule has 1 aliphatic heterocycles. The fourth-order valence-electron chi connectivity index (χ4n) is 3.26. The highest BCUT2D eigenvalue weighted by Crippen LogP contribution is 2.38. The number of thiazole rings is 1. The van der Waals surface area contributed by atoms with Crippen molar-refractivity contribution in [3.63, 3.8) is 0 Å². The van der Waals surface area contributed by atoms with Crippen LogP contribution in [0.3, 0.4) is 0 Å². The third kappa shape index (κ3) is 3.88. The van der Waals surface area contributed by atoms with Crippen molar-refractivity contribution in [2.45, 2.75) is 25.6 Å². The van der Waals surface area contributed by atoms with Gasteiger partial charge in [-0.1, -0.05) is 24.3 Å². The zero-order valence-corrected chi connectivity index (χ0v) is 16.8. The number of hydrogen-bond acceptors (Lipinski definition) is 5. The molecule has 1 N–H and O–H groups in total. The van der Waals surface area contributed by atoms with Gasteiger partial charge < -0.3 is 19.1 Å². The van der Waals surface area contributed by atoms with Gasteiger partial charge in [0.1, 0.15) is 6.04 Å². The lowest BCUT2D eigenvalue weighted by Crippen LogP contribution is -2.27. The Bertz CT molecular complexity index is 1260. The van der Waals surface area contributed by atoms with Crippen molar-refractivity contribution in [1.29, 1.82) is 0 Å². The number of carbonyl (C=O) groups is 2. The van der Waals surface area contributed by atoms with Gasteiger partial charge in [0, 0.05) is 17.7 Å². The molecule has 162 valence electrons. The minimum absolute atomic E-state index is 0.0357. The van der Waals surface area contributed by atoms with Crippen LogP contribution in [0.4, 0.5) is 13.2 Å². The van der Waals surface area contributed by atoms with Crippen molar-refractivity contribution in [2.24, 2.45) is 4.99 Å². The Morgan fingerprint density at radius 2 is 1.94 bits per heavy atom. The second kappa shape index (κ2) is 7.73. The van der Waals surface area contributed by atoms with Crippen LogP contribution in [0.5, 0.6) is 11.5 Å². The van der Waals surface area contributed by atoms with Crippen LogP contribution < -0.4 is 14.3 Å². The van der Waals surface area contributed by atoms with Crippen LogP contribution >= 0.6 is 11.3 Å². The zero-order valence-electron chi connectivity index (χ0n) is 16.0. The van der Waals surface area contributed by atoms with E-state index in [1.807, 2.05) is 0 Å². The topological polar surface area (TPSA) is 90.1 Å². The van der Waals surface area contributed by atoms with Crippen LogP contribution in [-0.4, -0.2) is 28.3 Å². The van der Waals surface area contributed by atoms with Gasteiger partial charge in [0.15, 0.2) is 16.3 Å². The number of carboxylic acid groups (broad SMARTS) is 1. The lowest BCUT2D eigenvalue weighted by atomic mass is 10.1. The van der Waals surface area contributed by atoms with Crippen molar-refractivity contribution in [3.05, 3.63) is 52.3 Å². The lowest BCUT2D eigenvalue weighted by Gasteiger charge is -2.13. The van der Waals surface area contributed by atoms with Gasteiger partial charge in [0.2, 0.25) is 6.79 Å². The second-order valence-corrected chi connectivity index (χ2v) is 7.69. The van der Waals surface area contributed by atoms with Gasteiger partial charge in [0.05, 0.1) is 15.8 Å². The van der Waals surface area contributed by atoms with E-state index >= 15 is 0 Å². The first-order chi connectivity index (χ1) is 14.7. The number of aromatic nitrogens is 1. The van der Waals surface area contributed by atoms with E-state index in [9.17, 15) is 27.9 Å². The quantitative estimate of drug-likeness (QED) is 0.640. The van der Waals surface area contributed by atoms with E-state index in [2.05, 4.69) is 4.99 Å². The Hall–Kier alpha value is -3.34. The molecule has 1 unspecified atom stereocenters. The van der Waals surface area contributed by atoms with E-state index in [1.165, 1.54) is 10.6 Å². The van der Waals surface area contributed by atoms with Crippen LogP contribution in [-0.2, 0) is 11.0 Å². The molecule has 2 heterocycles. The summed E-state index contributed by atoms with van der Waals surface area (Å²) in [6.07, 6.45) is -4.41. The number of amides is 1. The standard InChI is InChI=1S/C20H15F3N2O5S/c1-2-12(18(27)28)25-13-7-14-15(30-9-29-14)8-16(13)31-19(25)24-17(26)10-4-3-5-11(6-10)20(21,22)23/h3-8,12H,2,9H2,1H3,(H,27,28). The monoisotopic (exact) mass is 452 g/mol. The van der Waals surface area contributed by atoms with Crippen molar-refractivity contribution < 1.29 is 37.3 Å². The average molecular weight is 452 g/mol. The first-order valence-electron chi connectivity index (χ1n) is 9.13. The smallest absolute Gasteiger partial charge is 0.416 e. The third-order valence-corrected chi connectivity index (χ3v) is 5.76. The van der Waals surface area contributed by atoms with Crippen LogP contribution in [0, 0.1) is 0 Å². The number of halogens is 3. The predicted octanol–water partition coefficient (Wildman–Crippen LogP) is 4.23. The maximum atomic E-state index is 13.0. The van der Waals surface area contributed by atoms with Crippen LogP contribution in [0.2, 0.25) is 0 Å². The van der Waals surface area contributed by atoms with E-state index in [-0.39, 0.29) is 23.6 Å². The Morgan fingerprint density at radius 1 is 1.23 bits per heavy atom. The molecule has 0 bridgehead atoms. The van der Waals surface area contributed by atoms with E-state index in [4.69, 9.17) is 9.47 Å². The number of nitrogens with zero attached hydrogens (tertiary/aromatic N) is 2. The summed E-state index contributed by atoms with van der Waals surface area (Å²) in [6, 6.07) is 6.14. The number of hydrogen-bond donors (Lipinski definition) is 1. The minimum atomic E-state index is -4.61. The van der Waals surface area contributed by atoms with Crippen molar-refractivity contribution in [3.8, 4) is 11.5 Å². The molecule has 0 spiro atoms. The molecule has 0 aliphatic carbocycles. The number of ether oxygens (including phenoxy) is 2. The summed E-state index contributed by atoms with van der Waals surface area (Å²) in [7, 11) is 0. The highest BCUT2D eigenvalue weighted by molar-refractivity contribution is 7.16. The number of aliphatic carboxylic acids is 1. The summed E-state index contributed by atoms with van der Waals surface area (Å²) in [4.78, 5) is 28.5. The average Bonchev–Trinajstić information content (AvgIpc) is 3.30. The Morgan fingerprint density at radius 3 is 2.58 bits per heavy atom. The van der Waals surface area contributed by atoms with E-state index in [1.54, 1.807) is 19.1 Å². The lowest BCUT2D eigenvalue weighted by molar-refractivity contribution is -0.141. The molecule has 31 heavy (non-hydrogen) atoms. The minimum Gasteiger partial charge on any atom is -0.480 e. The SMILES string of the molecule is CCC(C(=O)O)n1c(=NC(=O)c2cccc(C(F)(F)F)c2)sc2cc3c(cc21)OCO3. The number of benzene rings is 2. The summed E-state index contributed by atoms with van der Waals surface area (Å²) in [5.41, 5.74) is -0.754. The molecule has 7 nitrogen and oxygen atoms in total. The molecule has 0 saturated heterocycles. The molecule has 1 atom stereocenters. The highest BCUT2D eigenvalue weighted by atomic mass is 32.1. The molecule has 0 saturated carbocycles. The van der Waals surface area contributed by atoms with Gasteiger partial charge in [-0.05, 0) is 24.6 Å². The number of carbonyl (C=O) groups excluding carboxylic acids is 1. The van der Waals surface area contributed by atoms with Crippen LogP contribution in [0.25, 0.3) is 10.2 Å². The maximum Gasteiger partial charge on any atom is 0.416 e. The van der Waals surface area contributed by atoms with Crippen LogP contribution in [0.15, 0.2) is 41.4 Å². The van der Waals surface area contributed by atoms with Gasteiger partial charge >= 0.3 is 12.1 Å². The molecular formula is C20H15F3N2O5S. The fourth-order valence-corrected chi connectivity index (χ4v) is 4.34. The molecule has 1 aromatic heterocycles. The van der Waals surface area contributed by atoms with Gasteiger partial charge in [-0.3, -0.25) is 4.79 Å². The van der Waals surface area contributed by atoms with Crippen molar-refractivity contribution >= 4 is 33.4 Å². The third-order valence-electron chi connectivity index (χ3n) is 4.74. The normalized spacial score (nSPS) is 14.8. The first kappa shape index (κ1) is 20.9. The molecular weight excluding hydrogens is 437 g/mol. The Labute approximate surface area is 177 Å². The van der Waals surface area contributed by atoms with Gasteiger partial charge in [-0.15, -0.1) is 0 Å². The number of fused-ring (bicyclic) bond motifs is 2. The molecule has 2 aromatic carbocycles. The predicted molar refractivity (Wildman–Crippen MR) is 104 cm³/mol. The van der Waals surface area contributed by atoms with Gasteiger partial charge in [-0.2, -0.15) is 18.2 Å². The second-order valence-electron chi connectivity index (χ2n) is 6.69. The van der Waals surface area contributed by atoms with E-state index < -0.39 is 29.7 Å². The summed E-state index contributed by atoms with van der Waals surface area (Å²) < 4.78 is 51.6. The molecule has 1 amide bonds. The Kier molecular flexibility index (Phi) is 5.21. The van der Waals surface area contributed by atoms with Gasteiger partial charge in [-0.25, -0.2) is 4.79 Å². The summed E-state index contributed by atoms with van der Waals surface area (Å²) in [5.74, 6) is -1.14. The maximum absolute atomic E-state index is 13.0. The van der Waals surface area contributed by atoms with E-state index in [0.717, 1.165) is 23.5 Å². The molecule has 0 fully saturated rings. The molecule has 1 aliphatic rings. The Balaban J connectivity index is 1.89. The first-order valence-corrected chi connectivity index (χ1v) is 9.94. The molecule has 4 rings (SSSR count). The number of carboxylic acids is 1. The van der Waals surface area contributed by atoms with Crippen LogP contribution in [0.1, 0.15) is 35.3 Å².